The van der Waals surface area contributed by atoms with Gasteiger partial charge < -0.3 is 10.1 Å². The van der Waals surface area contributed by atoms with Gasteiger partial charge in [-0.05, 0) is 31.5 Å². The zero-order chi connectivity index (χ0) is 24.0. The molecular weight excluding hydrogens is 434 g/mol. The zero-order valence-corrected chi connectivity index (χ0v) is 19.2. The molecule has 8 nitrogen and oxygen atoms in total. The van der Waals surface area contributed by atoms with Crippen LogP contribution in [0, 0.1) is 18.8 Å². The van der Waals surface area contributed by atoms with Gasteiger partial charge in [0.1, 0.15) is 5.54 Å². The predicted octanol–water partition coefficient (Wildman–Crippen LogP) is 1.98. The van der Waals surface area contributed by atoms with Crippen molar-refractivity contribution in [1.82, 2.24) is 10.2 Å². The predicted molar refractivity (Wildman–Crippen MR) is 124 cm³/mol. The highest BCUT2D eigenvalue weighted by molar-refractivity contribution is 6.24. The Balaban J connectivity index is 1.68. The van der Waals surface area contributed by atoms with Gasteiger partial charge in [-0.15, -0.1) is 0 Å². The number of nitrogens with one attached hydrogen (secondary N) is 1. The van der Waals surface area contributed by atoms with Gasteiger partial charge in [0.15, 0.2) is 0 Å². The lowest BCUT2D eigenvalue weighted by atomic mass is 9.76. The van der Waals surface area contributed by atoms with E-state index in [1.54, 1.807) is 19.1 Å². The molecule has 5 rings (SSSR count). The molecule has 8 heteroatoms. The summed E-state index contributed by atoms with van der Waals surface area (Å²) in [5.41, 5.74) is 0.810. The molecule has 0 aromatic heterocycles. The quantitative estimate of drug-likeness (QED) is 0.540. The van der Waals surface area contributed by atoms with E-state index in [0.717, 1.165) is 11.1 Å². The van der Waals surface area contributed by atoms with Crippen molar-refractivity contribution in [3.63, 3.8) is 0 Å². The molecule has 0 unspecified atom stereocenters. The molecule has 3 amide bonds. The van der Waals surface area contributed by atoms with E-state index >= 15 is 0 Å². The smallest absolute Gasteiger partial charge is 0.308 e. The molecule has 0 aliphatic carbocycles. The van der Waals surface area contributed by atoms with Gasteiger partial charge in [0.25, 0.3) is 0 Å². The standard InChI is InChI=1S/C26H27N3O5/c1-3-34-19(30)15-26-21-20(23(31)29(24(21)32)18-11-9-16(2)10-12-18)22(17-7-5-4-6-8-17)28(26)14-13-27-25(26)33/h4-12,20-22H,3,13-15H2,1-2H3,(H,27,33)/t20-,21-,22-,26-/m0/s1. The number of hydrogen-bond acceptors (Lipinski definition) is 6. The van der Waals surface area contributed by atoms with Crippen LogP contribution >= 0.6 is 0 Å². The number of benzene rings is 2. The van der Waals surface area contributed by atoms with E-state index in [9.17, 15) is 19.2 Å². The van der Waals surface area contributed by atoms with E-state index in [1.807, 2.05) is 54.3 Å². The molecule has 3 saturated heterocycles. The highest BCUT2D eigenvalue weighted by Gasteiger charge is 2.73. The average Bonchev–Trinajstić information content (AvgIpc) is 3.26. The molecule has 3 heterocycles. The maximum absolute atomic E-state index is 14.0. The number of amides is 3. The molecule has 3 fully saturated rings. The number of fused-ring (bicyclic) bond motifs is 3. The Morgan fingerprint density at radius 3 is 2.44 bits per heavy atom. The third kappa shape index (κ3) is 3.16. The van der Waals surface area contributed by atoms with Crippen molar-refractivity contribution in [2.75, 3.05) is 24.6 Å². The SMILES string of the molecule is CCOC(=O)C[C@]12C(=O)NCCN1[C@@H](c1ccccc1)[C@H]1C(=O)N(c3ccc(C)cc3)C(=O)[C@H]12. The van der Waals surface area contributed by atoms with Gasteiger partial charge in [0.05, 0.1) is 30.6 Å². The number of ether oxygens (including phenoxy) is 1. The monoisotopic (exact) mass is 461 g/mol. The summed E-state index contributed by atoms with van der Waals surface area (Å²) >= 11 is 0. The van der Waals surface area contributed by atoms with Crippen LogP contribution in [0.15, 0.2) is 54.6 Å². The Kier molecular flexibility index (Phi) is 5.48. The van der Waals surface area contributed by atoms with E-state index in [2.05, 4.69) is 5.32 Å². The number of carbonyl (C=O) groups excluding carboxylic acids is 4. The Morgan fingerprint density at radius 1 is 1.06 bits per heavy atom. The first-order valence-electron chi connectivity index (χ1n) is 11.6. The van der Waals surface area contributed by atoms with Crippen molar-refractivity contribution < 1.29 is 23.9 Å². The first-order valence-corrected chi connectivity index (χ1v) is 11.6. The van der Waals surface area contributed by atoms with Gasteiger partial charge in [-0.1, -0.05) is 48.0 Å². The lowest BCUT2D eigenvalue weighted by Gasteiger charge is -2.45. The number of imide groups is 1. The summed E-state index contributed by atoms with van der Waals surface area (Å²) in [4.78, 5) is 57.3. The average molecular weight is 462 g/mol. The highest BCUT2D eigenvalue weighted by atomic mass is 16.5. The number of aryl methyl sites for hydroxylation is 1. The van der Waals surface area contributed by atoms with Crippen molar-refractivity contribution in [1.29, 1.82) is 0 Å². The molecule has 2 aromatic carbocycles. The lowest BCUT2D eigenvalue weighted by molar-refractivity contribution is -0.156. The Hall–Kier alpha value is -3.52. The van der Waals surface area contributed by atoms with Crippen molar-refractivity contribution >= 4 is 29.4 Å². The maximum Gasteiger partial charge on any atom is 0.308 e. The number of nitrogens with zero attached hydrogens (tertiary/aromatic N) is 2. The molecule has 0 saturated carbocycles. The fraction of sp³-hybridized carbons (Fsp3) is 0.385. The minimum Gasteiger partial charge on any atom is -0.466 e. The molecule has 2 aromatic rings. The van der Waals surface area contributed by atoms with Crippen LogP contribution in [0.25, 0.3) is 0 Å². The largest absolute Gasteiger partial charge is 0.466 e. The number of rotatable bonds is 5. The van der Waals surface area contributed by atoms with Crippen molar-refractivity contribution in [3.8, 4) is 0 Å². The molecule has 0 bridgehead atoms. The number of hydrogen-bond donors (Lipinski definition) is 1. The molecule has 4 atom stereocenters. The number of piperazine rings is 1. The molecule has 34 heavy (non-hydrogen) atoms. The fourth-order valence-electron chi connectivity index (χ4n) is 5.90. The summed E-state index contributed by atoms with van der Waals surface area (Å²) in [6.07, 6.45) is -0.294. The second-order valence-electron chi connectivity index (χ2n) is 9.06. The topological polar surface area (TPSA) is 96.0 Å². The number of esters is 1. The van der Waals surface area contributed by atoms with Crippen molar-refractivity contribution in [2.24, 2.45) is 11.8 Å². The van der Waals surface area contributed by atoms with Crippen LogP contribution in [0.2, 0.25) is 0 Å². The maximum atomic E-state index is 14.0. The Bertz CT molecular complexity index is 1150. The molecule has 1 N–H and O–H groups in total. The first-order chi connectivity index (χ1) is 16.4. The van der Waals surface area contributed by atoms with E-state index in [0.29, 0.717) is 18.8 Å². The number of anilines is 1. The summed E-state index contributed by atoms with van der Waals surface area (Å²) in [5, 5.41) is 2.85. The van der Waals surface area contributed by atoms with E-state index in [-0.39, 0.29) is 18.9 Å². The van der Waals surface area contributed by atoms with Crippen LogP contribution in [0.3, 0.4) is 0 Å². The minimum atomic E-state index is -1.50. The summed E-state index contributed by atoms with van der Waals surface area (Å²) < 4.78 is 5.22. The van der Waals surface area contributed by atoms with E-state index < -0.39 is 41.2 Å². The molecule has 0 spiro atoms. The Morgan fingerprint density at radius 2 is 1.76 bits per heavy atom. The molecule has 3 aliphatic heterocycles. The minimum absolute atomic E-state index is 0.162. The first kappa shape index (κ1) is 22.3. The third-order valence-corrected chi connectivity index (χ3v) is 7.24. The Labute approximate surface area is 197 Å². The third-order valence-electron chi connectivity index (χ3n) is 7.24. The number of carbonyl (C=O) groups is 4. The second-order valence-corrected chi connectivity index (χ2v) is 9.06. The van der Waals surface area contributed by atoms with Crippen LogP contribution in [-0.2, 0) is 23.9 Å². The lowest BCUT2D eigenvalue weighted by Crippen LogP contribution is -2.67. The van der Waals surface area contributed by atoms with Gasteiger partial charge in [0, 0.05) is 19.1 Å². The van der Waals surface area contributed by atoms with E-state index in [4.69, 9.17) is 4.74 Å². The van der Waals surface area contributed by atoms with Gasteiger partial charge in [-0.25, -0.2) is 4.90 Å². The van der Waals surface area contributed by atoms with Gasteiger partial charge in [-0.3, -0.25) is 24.1 Å². The highest BCUT2D eigenvalue weighted by Crippen LogP contribution is 2.57. The van der Waals surface area contributed by atoms with Crippen LogP contribution in [0.4, 0.5) is 5.69 Å². The van der Waals surface area contributed by atoms with Gasteiger partial charge >= 0.3 is 5.97 Å². The summed E-state index contributed by atoms with van der Waals surface area (Å²) in [6.45, 7) is 4.58. The van der Waals surface area contributed by atoms with Crippen LogP contribution < -0.4 is 10.2 Å². The summed E-state index contributed by atoms with van der Waals surface area (Å²) in [6, 6.07) is 16.1. The van der Waals surface area contributed by atoms with Crippen molar-refractivity contribution in [3.05, 3.63) is 65.7 Å². The molecule has 176 valence electrons. The fourth-order valence-corrected chi connectivity index (χ4v) is 5.90. The van der Waals surface area contributed by atoms with Gasteiger partial charge in [-0.2, -0.15) is 0 Å². The van der Waals surface area contributed by atoms with E-state index in [1.165, 1.54) is 4.90 Å². The summed E-state index contributed by atoms with van der Waals surface area (Å²) in [7, 11) is 0. The second kappa shape index (κ2) is 8.36. The molecule has 0 radical (unpaired) electrons. The molecule has 3 aliphatic rings. The zero-order valence-electron chi connectivity index (χ0n) is 19.2. The van der Waals surface area contributed by atoms with Crippen LogP contribution in [0.5, 0.6) is 0 Å². The normalized spacial score (nSPS) is 28.5. The van der Waals surface area contributed by atoms with Crippen LogP contribution in [-0.4, -0.2) is 53.8 Å². The molecular formula is C26H27N3O5. The summed E-state index contributed by atoms with van der Waals surface area (Å²) in [5.74, 6) is -3.58. The van der Waals surface area contributed by atoms with Crippen LogP contribution in [0.1, 0.15) is 30.5 Å². The van der Waals surface area contributed by atoms with Crippen molar-refractivity contribution in [2.45, 2.75) is 31.8 Å². The van der Waals surface area contributed by atoms with Gasteiger partial charge in [0.2, 0.25) is 17.7 Å².